The third kappa shape index (κ3) is 64.7. The summed E-state index contributed by atoms with van der Waals surface area (Å²) in [6.45, 7) is 13.3. The first-order chi connectivity index (χ1) is 5.13. The van der Waals surface area contributed by atoms with E-state index in [4.69, 9.17) is 0 Å². The first kappa shape index (κ1) is 25.1. The Balaban J connectivity index is -0.0000000651. The molecule has 0 aromatic heterocycles. The summed E-state index contributed by atoms with van der Waals surface area (Å²) < 4.78 is 0. The number of hydrogen-bond donors (Lipinski definition) is 0. The molecule has 0 heterocycles. The van der Waals surface area contributed by atoms with Gasteiger partial charge in [-0.15, -0.1) is 17.7 Å². The Kier molecular flexibility index (Phi) is 23.7. The zero-order valence-corrected chi connectivity index (χ0v) is 14.6. The van der Waals surface area contributed by atoms with Crippen molar-refractivity contribution < 1.29 is 75.4 Å². The zero-order chi connectivity index (χ0) is 10.4. The first-order valence-corrected chi connectivity index (χ1v) is 4.53. The molecule has 0 fully saturated rings. The average Bonchev–Trinajstić information content (AvgIpc) is 1.52. The van der Waals surface area contributed by atoms with E-state index < -0.39 is 5.60 Å². The molecule has 0 aromatic rings. The van der Waals surface area contributed by atoms with Crippen LogP contribution in [-0.2, 0) is 0 Å². The molecule has 0 atom stereocenters. The fourth-order valence-electron chi connectivity index (χ4n) is 0.596. The molecule has 0 aromatic carbocycles. The second kappa shape index (κ2) is 13.2. The zero-order valence-electron chi connectivity index (χ0n) is 11.5. The van der Waals surface area contributed by atoms with E-state index in [1.54, 1.807) is 20.8 Å². The van der Waals surface area contributed by atoms with Crippen molar-refractivity contribution in [3.8, 4) is 0 Å². The van der Waals surface area contributed by atoms with E-state index >= 15 is 0 Å². The van der Waals surface area contributed by atoms with Gasteiger partial charge in [-0.25, -0.2) is 0 Å². The number of rotatable bonds is 2. The van der Waals surface area contributed by atoms with Gasteiger partial charge in [-0.3, -0.25) is 0 Å². The van der Waals surface area contributed by atoms with E-state index in [2.05, 4.69) is 33.0 Å². The SMILES string of the molecule is CC(C)(C)[O-].CC(C)[N-]C(C)C.[K+].[Li+]. The van der Waals surface area contributed by atoms with Crippen LogP contribution >= 0.6 is 0 Å². The van der Waals surface area contributed by atoms with E-state index in [1.165, 1.54) is 0 Å². The summed E-state index contributed by atoms with van der Waals surface area (Å²) in [5, 5.41) is 14.4. The minimum atomic E-state index is -0.750. The summed E-state index contributed by atoms with van der Waals surface area (Å²) in [5.41, 5.74) is -0.750. The van der Waals surface area contributed by atoms with E-state index in [1.807, 2.05) is 0 Å². The fourth-order valence-corrected chi connectivity index (χ4v) is 0.596. The normalized spacial score (nSPS) is 9.86. The van der Waals surface area contributed by atoms with Gasteiger partial charge < -0.3 is 10.4 Å². The molecular formula is C10H23KLiNO. The largest absolute Gasteiger partial charge is 1.00 e. The monoisotopic (exact) mass is 219 g/mol. The van der Waals surface area contributed by atoms with Crippen molar-refractivity contribution in [3.63, 3.8) is 0 Å². The summed E-state index contributed by atoms with van der Waals surface area (Å²) in [7, 11) is 0. The molecule has 2 nitrogen and oxygen atoms in total. The van der Waals surface area contributed by atoms with Crippen LogP contribution in [0.25, 0.3) is 5.32 Å². The molecule has 0 saturated carbocycles. The van der Waals surface area contributed by atoms with Crippen molar-refractivity contribution in [2.75, 3.05) is 0 Å². The molecule has 0 bridgehead atoms. The molecule has 0 aliphatic rings. The molecule has 4 heteroatoms. The minimum absolute atomic E-state index is 0. The smallest absolute Gasteiger partial charge is 0.850 e. The number of hydrogen-bond acceptors (Lipinski definition) is 1. The molecule has 0 N–H and O–H groups in total. The predicted molar refractivity (Wildman–Crippen MR) is 53.4 cm³/mol. The summed E-state index contributed by atoms with van der Waals surface area (Å²) in [6, 6.07) is 1.000. The van der Waals surface area contributed by atoms with Gasteiger partial charge in [0.25, 0.3) is 0 Å². The molecule has 0 amide bonds. The number of nitrogens with zero attached hydrogens (tertiary/aromatic N) is 1. The maximum atomic E-state index is 10.1. The minimum Gasteiger partial charge on any atom is -0.850 e. The Hall–Kier alpha value is 2.15. The fraction of sp³-hybridized carbons (Fsp3) is 1.00. The molecule has 0 unspecified atom stereocenters. The van der Waals surface area contributed by atoms with E-state index in [0.717, 1.165) is 0 Å². The van der Waals surface area contributed by atoms with Gasteiger partial charge in [0.05, 0.1) is 0 Å². The van der Waals surface area contributed by atoms with Crippen LogP contribution in [0.2, 0.25) is 0 Å². The van der Waals surface area contributed by atoms with Crippen LogP contribution in [0, 0.1) is 0 Å². The van der Waals surface area contributed by atoms with Crippen LogP contribution in [0.3, 0.4) is 0 Å². The van der Waals surface area contributed by atoms with Gasteiger partial charge in [0.2, 0.25) is 0 Å². The molecule has 0 rings (SSSR count). The van der Waals surface area contributed by atoms with Crippen LogP contribution in [-0.4, -0.2) is 17.7 Å². The van der Waals surface area contributed by atoms with Gasteiger partial charge in [-0.05, 0) is 0 Å². The molecular weight excluding hydrogens is 196 g/mol. The predicted octanol–water partition coefficient (Wildman–Crippen LogP) is -3.67. The average molecular weight is 219 g/mol. The summed E-state index contributed by atoms with van der Waals surface area (Å²) in [5.74, 6) is 0. The van der Waals surface area contributed by atoms with Crippen molar-refractivity contribution in [3.05, 3.63) is 5.32 Å². The topological polar surface area (TPSA) is 37.2 Å². The van der Waals surface area contributed by atoms with Crippen LogP contribution in [0.5, 0.6) is 0 Å². The summed E-state index contributed by atoms with van der Waals surface area (Å²) in [4.78, 5) is 0. The van der Waals surface area contributed by atoms with Crippen molar-refractivity contribution in [2.45, 2.75) is 66.2 Å². The Bertz CT molecular complexity index is 90.8. The van der Waals surface area contributed by atoms with Crippen molar-refractivity contribution in [1.82, 2.24) is 0 Å². The first-order valence-electron chi connectivity index (χ1n) is 4.53. The van der Waals surface area contributed by atoms with E-state index in [-0.39, 0.29) is 70.2 Å². The van der Waals surface area contributed by atoms with Gasteiger partial charge in [0, 0.05) is 0 Å². The maximum Gasteiger partial charge on any atom is 1.00 e. The Labute approximate surface area is 145 Å². The van der Waals surface area contributed by atoms with E-state index in [0.29, 0.717) is 12.1 Å². The molecule has 0 aliphatic heterocycles. The van der Waals surface area contributed by atoms with Crippen molar-refractivity contribution in [2.24, 2.45) is 0 Å². The Morgan fingerprint density at radius 2 is 1.07 bits per heavy atom. The van der Waals surface area contributed by atoms with Gasteiger partial charge >= 0.3 is 70.2 Å². The third-order valence-corrected chi connectivity index (χ3v) is 0.596. The van der Waals surface area contributed by atoms with Gasteiger partial charge in [0.15, 0.2) is 0 Å². The quantitative estimate of drug-likeness (QED) is 0.441. The van der Waals surface area contributed by atoms with Crippen molar-refractivity contribution >= 4 is 0 Å². The van der Waals surface area contributed by atoms with Crippen LogP contribution in [0.15, 0.2) is 0 Å². The Morgan fingerprint density at radius 3 is 1.07 bits per heavy atom. The van der Waals surface area contributed by atoms with Crippen molar-refractivity contribution in [1.29, 1.82) is 0 Å². The molecule has 76 valence electrons. The second-order valence-electron chi connectivity index (χ2n) is 4.45. The van der Waals surface area contributed by atoms with E-state index in [9.17, 15) is 5.11 Å². The molecule has 0 radical (unpaired) electrons. The molecule has 0 spiro atoms. The van der Waals surface area contributed by atoms with Gasteiger partial charge in [-0.2, -0.15) is 0 Å². The molecule has 14 heavy (non-hydrogen) atoms. The molecule has 0 saturated heterocycles. The van der Waals surface area contributed by atoms with Gasteiger partial charge in [-0.1, -0.05) is 48.5 Å². The standard InChI is InChI=1S/C6H14N.C4H9O.K.Li/c1-5(2)7-6(3)4;1-4(2,3)5;;/h5-6H,1-4H3;1-3H3;;/q2*-1;2*+1. The van der Waals surface area contributed by atoms with Gasteiger partial charge in [0.1, 0.15) is 0 Å². The Morgan fingerprint density at radius 1 is 0.929 bits per heavy atom. The summed E-state index contributed by atoms with van der Waals surface area (Å²) >= 11 is 0. The molecule has 0 aliphatic carbocycles. The van der Waals surface area contributed by atoms with Crippen LogP contribution in [0.4, 0.5) is 0 Å². The third-order valence-electron chi connectivity index (χ3n) is 0.596. The summed E-state index contributed by atoms with van der Waals surface area (Å²) in [6.07, 6.45) is 0. The second-order valence-corrected chi connectivity index (χ2v) is 4.45. The van der Waals surface area contributed by atoms with Crippen LogP contribution < -0.4 is 75.4 Å². The maximum absolute atomic E-state index is 10.1. The van der Waals surface area contributed by atoms with Crippen LogP contribution in [0.1, 0.15) is 48.5 Å².